The van der Waals surface area contributed by atoms with Crippen LogP contribution < -0.4 is 16.0 Å². The fourth-order valence-electron chi connectivity index (χ4n) is 3.54. The summed E-state index contributed by atoms with van der Waals surface area (Å²) in [6.45, 7) is 10.9. The lowest BCUT2D eigenvalue weighted by atomic mass is 10.1. The maximum absolute atomic E-state index is 12.8. The van der Waals surface area contributed by atoms with Crippen molar-refractivity contribution in [2.45, 2.75) is 59.3 Å². The van der Waals surface area contributed by atoms with Crippen LogP contribution in [0.2, 0.25) is 0 Å². The van der Waals surface area contributed by atoms with Crippen LogP contribution in [0.3, 0.4) is 0 Å². The standard InChI is InChI=1S/C24H41N5O6/c1-5-28(6-2)16-14-25-21(31)17-29-15-10-12-20(24(29)34)27-23(33)19(26-18(4)30)11-8-9-13-22(32)35-7-3/h9,12-13,19,22,32H,5-8,10-11,14-17H2,1-4H3,(H,25,31)(H,26,30)(H,27,33)/b13-9+/t19-,22?/m0/s1. The molecule has 0 aromatic heterocycles. The highest BCUT2D eigenvalue weighted by molar-refractivity contribution is 6.01. The Balaban J connectivity index is 2.62. The highest BCUT2D eigenvalue weighted by atomic mass is 16.6. The lowest BCUT2D eigenvalue weighted by Crippen LogP contribution is -2.50. The number of likely N-dealkylation sites (N-methyl/N-ethyl adjacent to an activating group) is 1. The molecule has 0 saturated heterocycles. The molecule has 35 heavy (non-hydrogen) atoms. The Hall–Kier alpha value is -2.76. The van der Waals surface area contributed by atoms with E-state index in [0.717, 1.165) is 19.6 Å². The van der Waals surface area contributed by atoms with E-state index in [1.54, 1.807) is 19.1 Å². The van der Waals surface area contributed by atoms with Gasteiger partial charge in [0.25, 0.3) is 5.91 Å². The molecule has 4 amide bonds. The molecule has 0 spiro atoms. The van der Waals surface area contributed by atoms with Gasteiger partial charge in [-0.25, -0.2) is 0 Å². The Kier molecular flexibility index (Phi) is 14.5. The fourth-order valence-corrected chi connectivity index (χ4v) is 3.54. The number of aliphatic hydroxyl groups is 1. The second-order valence-electron chi connectivity index (χ2n) is 8.10. The minimum absolute atomic E-state index is 0.0909. The van der Waals surface area contributed by atoms with E-state index in [1.165, 1.54) is 17.9 Å². The van der Waals surface area contributed by atoms with Gasteiger partial charge < -0.3 is 35.6 Å². The fraction of sp³-hybridized carbons (Fsp3) is 0.667. The van der Waals surface area contributed by atoms with Gasteiger partial charge in [-0.3, -0.25) is 19.2 Å². The van der Waals surface area contributed by atoms with E-state index >= 15 is 0 Å². The molecule has 1 aliphatic heterocycles. The van der Waals surface area contributed by atoms with Gasteiger partial charge in [0.2, 0.25) is 17.7 Å². The molecular formula is C24H41N5O6. The van der Waals surface area contributed by atoms with Gasteiger partial charge in [-0.1, -0.05) is 26.0 Å². The van der Waals surface area contributed by atoms with E-state index in [4.69, 9.17) is 4.74 Å². The number of ether oxygens (including phenoxy) is 1. The maximum atomic E-state index is 12.8. The Bertz CT molecular complexity index is 766. The number of nitrogens with zero attached hydrogens (tertiary/aromatic N) is 2. The molecular weight excluding hydrogens is 454 g/mol. The molecule has 1 aliphatic rings. The average molecular weight is 496 g/mol. The van der Waals surface area contributed by atoms with Crippen LogP contribution in [0.5, 0.6) is 0 Å². The predicted molar refractivity (Wildman–Crippen MR) is 132 cm³/mol. The summed E-state index contributed by atoms with van der Waals surface area (Å²) in [6, 6.07) is -0.867. The van der Waals surface area contributed by atoms with Crippen LogP contribution in [0, 0.1) is 0 Å². The SMILES string of the molecule is CCOC(O)/C=C/CC[C@H](NC(C)=O)C(=O)NC1=CCCN(CC(=O)NCCN(CC)CC)C1=O. The molecule has 4 N–H and O–H groups in total. The quantitative estimate of drug-likeness (QED) is 0.173. The van der Waals surface area contributed by atoms with Gasteiger partial charge in [-0.05, 0) is 45.4 Å². The summed E-state index contributed by atoms with van der Waals surface area (Å²) in [4.78, 5) is 53.1. The summed E-state index contributed by atoms with van der Waals surface area (Å²) in [5.74, 6) is -1.60. The highest BCUT2D eigenvalue weighted by Gasteiger charge is 2.27. The molecule has 198 valence electrons. The number of carbonyl (C=O) groups excluding carboxylic acids is 4. The molecule has 0 aromatic rings. The second kappa shape index (κ2) is 16.8. The molecule has 0 aromatic carbocycles. The molecule has 1 rings (SSSR count). The number of hydrogen-bond donors (Lipinski definition) is 4. The van der Waals surface area contributed by atoms with Crippen molar-refractivity contribution in [3.8, 4) is 0 Å². The first-order chi connectivity index (χ1) is 16.7. The van der Waals surface area contributed by atoms with E-state index < -0.39 is 24.1 Å². The number of carbonyl (C=O) groups is 4. The van der Waals surface area contributed by atoms with Crippen molar-refractivity contribution in [1.82, 2.24) is 25.8 Å². The molecule has 0 fully saturated rings. The summed E-state index contributed by atoms with van der Waals surface area (Å²) in [5.41, 5.74) is 0.0925. The lowest BCUT2D eigenvalue weighted by molar-refractivity contribution is -0.135. The van der Waals surface area contributed by atoms with Crippen molar-refractivity contribution in [3.05, 3.63) is 23.9 Å². The first-order valence-corrected chi connectivity index (χ1v) is 12.2. The van der Waals surface area contributed by atoms with Crippen LogP contribution in [-0.2, 0) is 23.9 Å². The van der Waals surface area contributed by atoms with E-state index in [1.807, 2.05) is 0 Å². The third kappa shape index (κ3) is 12.0. The van der Waals surface area contributed by atoms with Crippen molar-refractivity contribution in [2.75, 3.05) is 45.9 Å². The van der Waals surface area contributed by atoms with Gasteiger partial charge in [0.1, 0.15) is 11.7 Å². The molecule has 11 nitrogen and oxygen atoms in total. The van der Waals surface area contributed by atoms with Gasteiger partial charge in [0, 0.05) is 33.2 Å². The van der Waals surface area contributed by atoms with Gasteiger partial charge >= 0.3 is 0 Å². The minimum atomic E-state index is -1.03. The normalized spacial score (nSPS) is 15.7. The van der Waals surface area contributed by atoms with Crippen molar-refractivity contribution in [3.63, 3.8) is 0 Å². The topological polar surface area (TPSA) is 140 Å². The third-order valence-corrected chi connectivity index (χ3v) is 5.46. The van der Waals surface area contributed by atoms with Crippen LogP contribution in [-0.4, -0.2) is 96.7 Å². The Morgan fingerprint density at radius 3 is 2.60 bits per heavy atom. The zero-order valence-corrected chi connectivity index (χ0v) is 21.3. The van der Waals surface area contributed by atoms with E-state index in [-0.39, 0.29) is 30.5 Å². The first kappa shape index (κ1) is 30.3. The largest absolute Gasteiger partial charge is 0.365 e. The molecule has 0 saturated carbocycles. The van der Waals surface area contributed by atoms with Crippen LogP contribution in [0.15, 0.2) is 23.9 Å². The number of amides is 4. The van der Waals surface area contributed by atoms with Crippen molar-refractivity contribution in [1.29, 1.82) is 0 Å². The average Bonchev–Trinajstić information content (AvgIpc) is 2.81. The lowest BCUT2D eigenvalue weighted by Gasteiger charge is -2.28. The number of hydrogen-bond acceptors (Lipinski definition) is 7. The monoisotopic (exact) mass is 495 g/mol. The number of aliphatic hydroxyl groups excluding tert-OH is 1. The van der Waals surface area contributed by atoms with Crippen LogP contribution in [0.4, 0.5) is 0 Å². The number of allylic oxidation sites excluding steroid dienone is 1. The van der Waals surface area contributed by atoms with E-state index in [0.29, 0.717) is 32.5 Å². The summed E-state index contributed by atoms with van der Waals surface area (Å²) in [7, 11) is 0. The Morgan fingerprint density at radius 2 is 1.97 bits per heavy atom. The second-order valence-corrected chi connectivity index (χ2v) is 8.10. The molecule has 0 aliphatic carbocycles. The van der Waals surface area contributed by atoms with Crippen molar-refractivity contribution < 1.29 is 29.0 Å². The molecule has 1 unspecified atom stereocenters. The zero-order chi connectivity index (χ0) is 26.2. The molecule has 0 bridgehead atoms. The molecule has 2 atom stereocenters. The van der Waals surface area contributed by atoms with Crippen LogP contribution in [0.25, 0.3) is 0 Å². The Labute approximate surface area is 207 Å². The molecule has 11 heteroatoms. The predicted octanol–water partition coefficient (Wildman–Crippen LogP) is -0.127. The summed E-state index contributed by atoms with van der Waals surface area (Å²) in [5, 5.41) is 17.6. The zero-order valence-electron chi connectivity index (χ0n) is 21.3. The Morgan fingerprint density at radius 1 is 1.26 bits per heavy atom. The maximum Gasteiger partial charge on any atom is 0.270 e. The molecule has 1 heterocycles. The molecule has 0 radical (unpaired) electrons. The minimum Gasteiger partial charge on any atom is -0.365 e. The highest BCUT2D eigenvalue weighted by Crippen LogP contribution is 2.10. The first-order valence-electron chi connectivity index (χ1n) is 12.2. The van der Waals surface area contributed by atoms with Crippen LogP contribution >= 0.6 is 0 Å². The smallest absolute Gasteiger partial charge is 0.270 e. The number of rotatable bonds is 16. The van der Waals surface area contributed by atoms with Gasteiger partial charge in [-0.2, -0.15) is 0 Å². The van der Waals surface area contributed by atoms with Gasteiger partial charge in [-0.15, -0.1) is 0 Å². The van der Waals surface area contributed by atoms with E-state index in [2.05, 4.69) is 34.7 Å². The van der Waals surface area contributed by atoms with Gasteiger partial charge in [0.15, 0.2) is 6.29 Å². The van der Waals surface area contributed by atoms with Gasteiger partial charge in [0.05, 0.1) is 6.54 Å². The summed E-state index contributed by atoms with van der Waals surface area (Å²) < 4.78 is 4.99. The van der Waals surface area contributed by atoms with Crippen molar-refractivity contribution >= 4 is 23.6 Å². The van der Waals surface area contributed by atoms with E-state index in [9.17, 15) is 24.3 Å². The van der Waals surface area contributed by atoms with Crippen LogP contribution in [0.1, 0.15) is 47.0 Å². The third-order valence-electron chi connectivity index (χ3n) is 5.46. The summed E-state index contributed by atoms with van der Waals surface area (Å²) >= 11 is 0. The summed E-state index contributed by atoms with van der Waals surface area (Å²) in [6.07, 6.45) is 4.88. The van der Waals surface area contributed by atoms with Crippen molar-refractivity contribution in [2.24, 2.45) is 0 Å². The number of nitrogens with one attached hydrogen (secondary N) is 3.